The summed E-state index contributed by atoms with van der Waals surface area (Å²) >= 11 is 6.29. The molecule has 1 aliphatic heterocycles. The molecule has 1 aromatic rings. The van der Waals surface area contributed by atoms with Gasteiger partial charge >= 0.3 is 0 Å². The van der Waals surface area contributed by atoms with Crippen molar-refractivity contribution < 1.29 is 9.47 Å². The minimum absolute atomic E-state index is 0.250. The molecule has 0 spiro atoms. The number of fused-ring (bicyclic) bond motifs is 1. The first-order valence-corrected chi connectivity index (χ1v) is 6.40. The lowest BCUT2D eigenvalue weighted by Gasteiger charge is -2.18. The van der Waals surface area contributed by atoms with Crippen LogP contribution in [-0.4, -0.2) is 20.3 Å². The molecule has 1 unspecified atom stereocenters. The second-order valence-electron chi connectivity index (χ2n) is 4.12. The Morgan fingerprint density at radius 1 is 1.29 bits per heavy atom. The van der Waals surface area contributed by atoms with E-state index < -0.39 is 0 Å². The molecule has 1 N–H and O–H groups in total. The summed E-state index contributed by atoms with van der Waals surface area (Å²) < 4.78 is 11.3. The molecule has 0 radical (unpaired) electrons. The molecule has 0 amide bonds. The lowest BCUT2D eigenvalue weighted by Crippen LogP contribution is -2.15. The Morgan fingerprint density at radius 3 is 2.53 bits per heavy atom. The predicted molar refractivity (Wildman–Crippen MR) is 69.2 cm³/mol. The van der Waals surface area contributed by atoms with Gasteiger partial charge in [0.05, 0.1) is 13.2 Å². The molecule has 0 saturated carbocycles. The van der Waals surface area contributed by atoms with Crippen LogP contribution in [0.4, 0.5) is 0 Å². The summed E-state index contributed by atoms with van der Waals surface area (Å²) in [7, 11) is 1.94. The normalized spacial score (nSPS) is 16.4. The molecular formula is C13H18ClNO2. The third-order valence-electron chi connectivity index (χ3n) is 3.00. The monoisotopic (exact) mass is 255 g/mol. The second-order valence-corrected chi connectivity index (χ2v) is 4.53. The number of hydrogen-bond acceptors (Lipinski definition) is 3. The lowest BCUT2D eigenvalue weighted by atomic mass is 10.0. The fourth-order valence-electron chi connectivity index (χ4n) is 2.05. The van der Waals surface area contributed by atoms with Crippen molar-refractivity contribution in [3.05, 3.63) is 22.7 Å². The van der Waals surface area contributed by atoms with Crippen molar-refractivity contribution in [3.8, 4) is 11.5 Å². The van der Waals surface area contributed by atoms with Crippen LogP contribution >= 0.6 is 11.6 Å². The van der Waals surface area contributed by atoms with Crippen LogP contribution in [0.3, 0.4) is 0 Å². The van der Waals surface area contributed by atoms with Crippen LogP contribution in [0.25, 0.3) is 0 Å². The van der Waals surface area contributed by atoms with Crippen LogP contribution in [0.1, 0.15) is 31.4 Å². The minimum Gasteiger partial charge on any atom is -0.490 e. The van der Waals surface area contributed by atoms with Crippen LogP contribution in [0.5, 0.6) is 11.5 Å². The summed E-state index contributed by atoms with van der Waals surface area (Å²) in [5.41, 5.74) is 1.07. The smallest absolute Gasteiger partial charge is 0.162 e. The molecule has 1 atom stereocenters. The fourth-order valence-corrected chi connectivity index (χ4v) is 2.33. The zero-order valence-electron chi connectivity index (χ0n) is 10.3. The Morgan fingerprint density at radius 2 is 1.94 bits per heavy atom. The van der Waals surface area contributed by atoms with Crippen molar-refractivity contribution in [3.63, 3.8) is 0 Å². The van der Waals surface area contributed by atoms with Gasteiger partial charge in [-0.3, -0.25) is 0 Å². The topological polar surface area (TPSA) is 30.5 Å². The minimum atomic E-state index is 0.250. The third kappa shape index (κ3) is 2.67. The van der Waals surface area contributed by atoms with Crippen LogP contribution in [0.15, 0.2) is 12.1 Å². The first kappa shape index (κ1) is 12.5. The summed E-state index contributed by atoms with van der Waals surface area (Å²) in [5.74, 6) is 1.55. The van der Waals surface area contributed by atoms with E-state index >= 15 is 0 Å². The van der Waals surface area contributed by atoms with Crippen molar-refractivity contribution in [1.82, 2.24) is 5.32 Å². The van der Waals surface area contributed by atoms with E-state index in [1.807, 2.05) is 19.2 Å². The highest BCUT2D eigenvalue weighted by molar-refractivity contribution is 6.31. The van der Waals surface area contributed by atoms with Gasteiger partial charge in [-0.25, -0.2) is 0 Å². The Labute approximate surface area is 107 Å². The van der Waals surface area contributed by atoms with E-state index in [-0.39, 0.29) is 6.04 Å². The first-order chi connectivity index (χ1) is 8.26. The molecule has 2 rings (SSSR count). The third-order valence-corrected chi connectivity index (χ3v) is 3.33. The number of ether oxygens (including phenoxy) is 2. The van der Waals surface area contributed by atoms with E-state index in [4.69, 9.17) is 21.1 Å². The van der Waals surface area contributed by atoms with Crippen molar-refractivity contribution in [2.24, 2.45) is 0 Å². The summed E-state index contributed by atoms with van der Waals surface area (Å²) in [4.78, 5) is 0. The van der Waals surface area contributed by atoms with E-state index in [0.717, 1.165) is 34.9 Å². The van der Waals surface area contributed by atoms with E-state index in [9.17, 15) is 0 Å². The van der Waals surface area contributed by atoms with Gasteiger partial charge in [0.15, 0.2) is 11.5 Å². The SMILES string of the molecule is CCC(NC)c1cc2c(cc1Cl)OCCCO2. The molecule has 0 aliphatic carbocycles. The standard InChI is InChI=1S/C13H18ClNO2/c1-3-11(15-2)9-7-12-13(8-10(9)14)17-6-4-5-16-12/h7-8,11,15H,3-6H2,1-2H3. The fraction of sp³-hybridized carbons (Fsp3) is 0.538. The quantitative estimate of drug-likeness (QED) is 0.900. The van der Waals surface area contributed by atoms with E-state index in [1.165, 1.54) is 0 Å². The lowest BCUT2D eigenvalue weighted by molar-refractivity contribution is 0.297. The van der Waals surface area contributed by atoms with Crippen molar-refractivity contribution in [1.29, 1.82) is 0 Å². The van der Waals surface area contributed by atoms with E-state index in [1.54, 1.807) is 0 Å². The average Bonchev–Trinajstić information content (AvgIpc) is 2.55. The molecule has 1 heterocycles. The summed E-state index contributed by atoms with van der Waals surface area (Å²) in [5, 5.41) is 3.98. The number of nitrogens with one attached hydrogen (secondary N) is 1. The molecule has 1 aliphatic rings. The summed E-state index contributed by atoms with van der Waals surface area (Å²) in [6.45, 7) is 3.51. The van der Waals surface area contributed by atoms with Crippen molar-refractivity contribution in [2.45, 2.75) is 25.8 Å². The van der Waals surface area contributed by atoms with Crippen molar-refractivity contribution in [2.75, 3.05) is 20.3 Å². The van der Waals surface area contributed by atoms with E-state index in [2.05, 4.69) is 12.2 Å². The number of rotatable bonds is 3. The summed E-state index contributed by atoms with van der Waals surface area (Å²) in [6.07, 6.45) is 1.89. The van der Waals surface area contributed by atoms with Crippen LogP contribution in [-0.2, 0) is 0 Å². The van der Waals surface area contributed by atoms with Crippen LogP contribution in [0, 0.1) is 0 Å². The highest BCUT2D eigenvalue weighted by atomic mass is 35.5. The molecule has 0 saturated heterocycles. The maximum atomic E-state index is 6.29. The predicted octanol–water partition coefficient (Wildman–Crippen LogP) is 3.17. The molecular weight excluding hydrogens is 238 g/mol. The molecule has 0 aromatic heterocycles. The van der Waals surface area contributed by atoms with Crippen LogP contribution in [0.2, 0.25) is 5.02 Å². The number of benzene rings is 1. The Kier molecular flexibility index (Phi) is 4.13. The van der Waals surface area contributed by atoms with Gasteiger partial charge in [-0.05, 0) is 25.1 Å². The van der Waals surface area contributed by atoms with Crippen LogP contribution < -0.4 is 14.8 Å². The molecule has 17 heavy (non-hydrogen) atoms. The molecule has 3 nitrogen and oxygen atoms in total. The van der Waals surface area contributed by atoms with Gasteiger partial charge in [0.2, 0.25) is 0 Å². The van der Waals surface area contributed by atoms with Gasteiger partial charge in [-0.15, -0.1) is 0 Å². The second kappa shape index (κ2) is 5.61. The molecule has 0 fully saturated rings. The first-order valence-electron chi connectivity index (χ1n) is 6.02. The Balaban J connectivity index is 2.38. The van der Waals surface area contributed by atoms with Gasteiger partial charge in [0, 0.05) is 23.6 Å². The number of hydrogen-bond donors (Lipinski definition) is 1. The van der Waals surface area contributed by atoms with Gasteiger partial charge in [-0.2, -0.15) is 0 Å². The zero-order chi connectivity index (χ0) is 12.3. The largest absolute Gasteiger partial charge is 0.490 e. The summed E-state index contributed by atoms with van der Waals surface area (Å²) in [6, 6.07) is 4.10. The maximum Gasteiger partial charge on any atom is 0.162 e. The highest BCUT2D eigenvalue weighted by Crippen LogP contribution is 2.37. The van der Waals surface area contributed by atoms with Crippen molar-refractivity contribution >= 4 is 11.6 Å². The molecule has 0 bridgehead atoms. The van der Waals surface area contributed by atoms with Gasteiger partial charge in [-0.1, -0.05) is 18.5 Å². The average molecular weight is 256 g/mol. The molecule has 1 aromatic carbocycles. The zero-order valence-corrected chi connectivity index (χ0v) is 11.0. The number of halogens is 1. The van der Waals surface area contributed by atoms with E-state index in [0.29, 0.717) is 13.2 Å². The Bertz CT molecular complexity index is 391. The van der Waals surface area contributed by atoms with Gasteiger partial charge in [0.25, 0.3) is 0 Å². The van der Waals surface area contributed by atoms with Gasteiger partial charge < -0.3 is 14.8 Å². The maximum absolute atomic E-state index is 6.29. The molecule has 94 valence electrons. The van der Waals surface area contributed by atoms with Gasteiger partial charge in [0.1, 0.15) is 0 Å². The Hall–Kier alpha value is -0.930. The molecule has 4 heteroatoms. The highest BCUT2D eigenvalue weighted by Gasteiger charge is 2.17.